The van der Waals surface area contributed by atoms with Gasteiger partial charge in [0.25, 0.3) is 0 Å². The lowest BCUT2D eigenvalue weighted by Crippen LogP contribution is -2.04. The first-order valence-electron chi connectivity index (χ1n) is 6.06. The molecule has 0 aliphatic heterocycles. The highest BCUT2D eigenvalue weighted by molar-refractivity contribution is 5.30. The number of aryl methyl sites for hydroxylation is 1. The quantitative estimate of drug-likeness (QED) is 0.841. The predicted octanol–water partition coefficient (Wildman–Crippen LogP) is 3.31. The molecule has 1 N–H and O–H groups in total. The van der Waals surface area contributed by atoms with Gasteiger partial charge < -0.3 is 5.32 Å². The van der Waals surface area contributed by atoms with E-state index >= 15 is 0 Å². The van der Waals surface area contributed by atoms with Gasteiger partial charge in [0.05, 0.1) is 0 Å². The van der Waals surface area contributed by atoms with Crippen LogP contribution >= 0.6 is 0 Å². The summed E-state index contributed by atoms with van der Waals surface area (Å²) in [7, 11) is 1.97. The van der Waals surface area contributed by atoms with Crippen LogP contribution in [0.3, 0.4) is 0 Å². The van der Waals surface area contributed by atoms with Crippen molar-refractivity contribution in [2.45, 2.75) is 19.9 Å². The first-order valence-corrected chi connectivity index (χ1v) is 6.06. The molecule has 0 bridgehead atoms. The number of hydrogen-bond donors (Lipinski definition) is 1. The van der Waals surface area contributed by atoms with E-state index in [0.29, 0.717) is 0 Å². The Kier molecular flexibility index (Phi) is 3.94. The van der Waals surface area contributed by atoms with Crippen molar-refractivity contribution in [2.75, 3.05) is 7.05 Å². The molecule has 0 radical (unpaired) electrons. The van der Waals surface area contributed by atoms with Gasteiger partial charge in [0, 0.05) is 6.54 Å². The van der Waals surface area contributed by atoms with Crippen LogP contribution in [0, 0.1) is 6.92 Å². The maximum absolute atomic E-state index is 3.16. The first-order chi connectivity index (χ1) is 8.28. The third-order valence-corrected chi connectivity index (χ3v) is 2.93. The average Bonchev–Trinajstić information content (AvgIpc) is 2.35. The lowest BCUT2D eigenvalue weighted by Gasteiger charge is -2.04. The minimum Gasteiger partial charge on any atom is -0.316 e. The van der Waals surface area contributed by atoms with Crippen LogP contribution in [-0.2, 0) is 13.0 Å². The summed E-state index contributed by atoms with van der Waals surface area (Å²) in [5.74, 6) is 0. The summed E-state index contributed by atoms with van der Waals surface area (Å²) >= 11 is 0. The Morgan fingerprint density at radius 3 is 1.76 bits per heavy atom. The largest absolute Gasteiger partial charge is 0.316 e. The molecule has 0 heterocycles. The molecule has 0 aromatic heterocycles. The maximum atomic E-state index is 3.16. The van der Waals surface area contributed by atoms with Crippen molar-refractivity contribution in [3.8, 4) is 0 Å². The molecule has 1 nitrogen and oxygen atoms in total. The highest BCUT2D eigenvalue weighted by Crippen LogP contribution is 2.11. The Balaban J connectivity index is 2.05. The van der Waals surface area contributed by atoms with Crippen molar-refractivity contribution in [1.82, 2.24) is 5.32 Å². The summed E-state index contributed by atoms with van der Waals surface area (Å²) in [6.45, 7) is 3.06. The third kappa shape index (κ3) is 3.43. The number of benzene rings is 2. The molecule has 0 atom stereocenters. The second kappa shape index (κ2) is 5.65. The van der Waals surface area contributed by atoms with Crippen molar-refractivity contribution in [3.63, 3.8) is 0 Å². The molecular formula is C16H19N. The Morgan fingerprint density at radius 1 is 0.765 bits per heavy atom. The van der Waals surface area contributed by atoms with Gasteiger partial charge in [0.15, 0.2) is 0 Å². The summed E-state index contributed by atoms with van der Waals surface area (Å²) < 4.78 is 0. The molecule has 2 rings (SSSR count). The zero-order valence-electron chi connectivity index (χ0n) is 10.5. The third-order valence-electron chi connectivity index (χ3n) is 2.93. The highest BCUT2D eigenvalue weighted by atomic mass is 14.8. The molecular weight excluding hydrogens is 206 g/mol. The average molecular weight is 225 g/mol. The van der Waals surface area contributed by atoms with Crippen molar-refractivity contribution in [1.29, 1.82) is 0 Å². The van der Waals surface area contributed by atoms with E-state index in [-0.39, 0.29) is 0 Å². The standard InChI is InChI=1S/C16H19N/c1-13-3-5-14(6-4-13)11-15-7-9-16(10-8-15)12-17-2/h3-10,17H,11-12H2,1-2H3. The van der Waals surface area contributed by atoms with Gasteiger partial charge in [-0.2, -0.15) is 0 Å². The maximum Gasteiger partial charge on any atom is 0.0202 e. The van der Waals surface area contributed by atoms with Gasteiger partial charge in [-0.05, 0) is 37.1 Å². The van der Waals surface area contributed by atoms with E-state index in [4.69, 9.17) is 0 Å². The van der Waals surface area contributed by atoms with Crippen LogP contribution in [0.1, 0.15) is 22.3 Å². The molecule has 2 aromatic rings. The number of hydrogen-bond acceptors (Lipinski definition) is 1. The molecule has 17 heavy (non-hydrogen) atoms. The van der Waals surface area contributed by atoms with E-state index in [1.54, 1.807) is 0 Å². The topological polar surface area (TPSA) is 12.0 Å². The van der Waals surface area contributed by atoms with Gasteiger partial charge in [-0.25, -0.2) is 0 Å². The van der Waals surface area contributed by atoms with Crippen LogP contribution in [0.15, 0.2) is 48.5 Å². The fraction of sp³-hybridized carbons (Fsp3) is 0.250. The highest BCUT2D eigenvalue weighted by Gasteiger charge is 1.97. The van der Waals surface area contributed by atoms with Crippen LogP contribution < -0.4 is 5.32 Å². The molecule has 0 unspecified atom stereocenters. The van der Waals surface area contributed by atoms with E-state index in [0.717, 1.165) is 13.0 Å². The van der Waals surface area contributed by atoms with E-state index in [9.17, 15) is 0 Å². The van der Waals surface area contributed by atoms with Crippen LogP contribution in [-0.4, -0.2) is 7.05 Å². The van der Waals surface area contributed by atoms with Crippen LogP contribution in [0.5, 0.6) is 0 Å². The Labute approximate surface area is 103 Å². The summed E-state index contributed by atoms with van der Waals surface area (Å²) in [5, 5.41) is 3.16. The molecule has 0 amide bonds. The Morgan fingerprint density at radius 2 is 1.24 bits per heavy atom. The zero-order chi connectivity index (χ0) is 12.1. The van der Waals surface area contributed by atoms with Crippen molar-refractivity contribution in [2.24, 2.45) is 0 Å². The zero-order valence-corrected chi connectivity index (χ0v) is 10.5. The van der Waals surface area contributed by atoms with E-state index in [1.165, 1.54) is 22.3 Å². The SMILES string of the molecule is CNCc1ccc(Cc2ccc(C)cc2)cc1. The number of nitrogens with one attached hydrogen (secondary N) is 1. The molecule has 0 aliphatic carbocycles. The lowest BCUT2D eigenvalue weighted by molar-refractivity contribution is 0.817. The summed E-state index contributed by atoms with van der Waals surface area (Å²) in [6.07, 6.45) is 1.01. The molecule has 0 saturated heterocycles. The van der Waals surface area contributed by atoms with Gasteiger partial charge >= 0.3 is 0 Å². The van der Waals surface area contributed by atoms with E-state index < -0.39 is 0 Å². The fourth-order valence-corrected chi connectivity index (χ4v) is 1.92. The van der Waals surface area contributed by atoms with Crippen LogP contribution in [0.4, 0.5) is 0 Å². The van der Waals surface area contributed by atoms with Crippen molar-refractivity contribution in [3.05, 3.63) is 70.8 Å². The molecule has 0 saturated carbocycles. The molecule has 88 valence electrons. The van der Waals surface area contributed by atoms with E-state index in [2.05, 4.69) is 60.8 Å². The minimum atomic E-state index is 0.935. The van der Waals surface area contributed by atoms with E-state index in [1.807, 2.05) is 7.05 Å². The molecule has 0 aliphatic rings. The normalized spacial score (nSPS) is 10.5. The van der Waals surface area contributed by atoms with Gasteiger partial charge in [-0.3, -0.25) is 0 Å². The van der Waals surface area contributed by atoms with Crippen molar-refractivity contribution >= 4 is 0 Å². The smallest absolute Gasteiger partial charge is 0.0202 e. The number of rotatable bonds is 4. The fourth-order valence-electron chi connectivity index (χ4n) is 1.92. The summed E-state index contributed by atoms with van der Waals surface area (Å²) in [6, 6.07) is 17.6. The second-order valence-corrected chi connectivity index (χ2v) is 4.51. The van der Waals surface area contributed by atoms with Crippen molar-refractivity contribution < 1.29 is 0 Å². The minimum absolute atomic E-state index is 0.935. The summed E-state index contributed by atoms with van der Waals surface area (Å²) in [5.41, 5.74) is 5.39. The second-order valence-electron chi connectivity index (χ2n) is 4.51. The predicted molar refractivity (Wildman–Crippen MR) is 73.2 cm³/mol. The van der Waals surface area contributed by atoms with Gasteiger partial charge in [-0.15, -0.1) is 0 Å². The Bertz CT molecular complexity index is 454. The first kappa shape index (κ1) is 11.9. The van der Waals surface area contributed by atoms with Gasteiger partial charge in [-0.1, -0.05) is 54.1 Å². The molecule has 1 heteroatoms. The summed E-state index contributed by atoms with van der Waals surface area (Å²) in [4.78, 5) is 0. The van der Waals surface area contributed by atoms with Gasteiger partial charge in [0.2, 0.25) is 0 Å². The Hall–Kier alpha value is -1.60. The molecule has 2 aromatic carbocycles. The molecule has 0 fully saturated rings. The van der Waals surface area contributed by atoms with Crippen LogP contribution in [0.25, 0.3) is 0 Å². The molecule has 0 spiro atoms. The monoisotopic (exact) mass is 225 g/mol. The van der Waals surface area contributed by atoms with Crippen LogP contribution in [0.2, 0.25) is 0 Å². The van der Waals surface area contributed by atoms with Gasteiger partial charge in [0.1, 0.15) is 0 Å². The lowest BCUT2D eigenvalue weighted by atomic mass is 10.0.